The van der Waals surface area contributed by atoms with Crippen molar-refractivity contribution in [2.75, 3.05) is 18.0 Å². The van der Waals surface area contributed by atoms with Crippen LogP contribution < -0.4 is 10.2 Å². The molecule has 0 saturated carbocycles. The minimum atomic E-state index is -0.272. The van der Waals surface area contributed by atoms with E-state index in [0.29, 0.717) is 6.54 Å². The third-order valence-corrected chi connectivity index (χ3v) is 5.61. The zero-order valence-corrected chi connectivity index (χ0v) is 16.8. The maximum absolute atomic E-state index is 13.0. The monoisotopic (exact) mass is 442 g/mol. The van der Waals surface area contributed by atoms with Crippen molar-refractivity contribution in [2.45, 2.75) is 19.4 Å². The lowest BCUT2D eigenvalue weighted by Crippen LogP contribution is -2.40. The van der Waals surface area contributed by atoms with E-state index in [9.17, 15) is 9.18 Å². The van der Waals surface area contributed by atoms with Crippen LogP contribution >= 0.6 is 15.9 Å². The Balaban J connectivity index is 1.37. The summed E-state index contributed by atoms with van der Waals surface area (Å²) in [6.45, 7) is 1.96. The van der Waals surface area contributed by atoms with E-state index in [1.807, 2.05) is 18.2 Å². The maximum Gasteiger partial charge on any atom is 0.223 e. The first-order valence-corrected chi connectivity index (χ1v) is 10.1. The van der Waals surface area contributed by atoms with E-state index in [1.54, 1.807) is 18.5 Å². The molecule has 2 aromatic carbocycles. The summed E-state index contributed by atoms with van der Waals surface area (Å²) in [4.78, 5) is 23.5. The van der Waals surface area contributed by atoms with Gasteiger partial charge < -0.3 is 10.2 Å². The van der Waals surface area contributed by atoms with E-state index in [1.165, 1.54) is 12.1 Å². The predicted molar refractivity (Wildman–Crippen MR) is 110 cm³/mol. The maximum atomic E-state index is 13.0. The van der Waals surface area contributed by atoms with Crippen LogP contribution in [0, 0.1) is 11.7 Å². The Morgan fingerprint density at radius 3 is 2.64 bits per heavy atom. The molecule has 4 rings (SSSR count). The molecule has 1 amide bonds. The Bertz CT molecular complexity index is 987. The fourth-order valence-corrected chi connectivity index (χ4v) is 3.92. The van der Waals surface area contributed by atoms with Gasteiger partial charge in [-0.1, -0.05) is 28.1 Å². The van der Waals surface area contributed by atoms with Crippen LogP contribution in [0.5, 0.6) is 0 Å². The number of hydrogen-bond acceptors (Lipinski definition) is 4. The quantitative estimate of drug-likeness (QED) is 0.661. The Morgan fingerprint density at radius 1 is 1.14 bits per heavy atom. The van der Waals surface area contributed by atoms with Crippen molar-refractivity contribution >= 4 is 38.6 Å². The molecule has 3 aromatic rings. The summed E-state index contributed by atoms with van der Waals surface area (Å²) < 4.78 is 14.0. The molecule has 0 aliphatic carbocycles. The number of aromatic nitrogens is 2. The third kappa shape index (κ3) is 4.14. The number of amides is 1. The first-order valence-electron chi connectivity index (χ1n) is 9.27. The van der Waals surface area contributed by atoms with Gasteiger partial charge in [0, 0.05) is 35.4 Å². The van der Waals surface area contributed by atoms with Crippen LogP contribution in [0.3, 0.4) is 0 Å². The van der Waals surface area contributed by atoms with Crippen LogP contribution in [-0.2, 0) is 11.3 Å². The molecule has 1 aromatic heterocycles. The molecule has 7 heteroatoms. The summed E-state index contributed by atoms with van der Waals surface area (Å²) in [6.07, 6.45) is 3.14. The zero-order valence-electron chi connectivity index (χ0n) is 15.2. The van der Waals surface area contributed by atoms with Crippen LogP contribution in [0.25, 0.3) is 10.9 Å². The van der Waals surface area contributed by atoms with Crippen LogP contribution in [0.2, 0.25) is 0 Å². The van der Waals surface area contributed by atoms with Crippen LogP contribution in [0.1, 0.15) is 18.4 Å². The fourth-order valence-electron chi connectivity index (χ4n) is 3.56. The molecule has 1 N–H and O–H groups in total. The highest BCUT2D eigenvalue weighted by Crippen LogP contribution is 2.29. The molecule has 1 aliphatic heterocycles. The zero-order chi connectivity index (χ0) is 19.5. The smallest absolute Gasteiger partial charge is 0.223 e. The highest BCUT2D eigenvalue weighted by molar-refractivity contribution is 9.10. The molecule has 1 saturated heterocycles. The van der Waals surface area contributed by atoms with E-state index in [2.05, 4.69) is 36.1 Å². The lowest BCUT2D eigenvalue weighted by Gasteiger charge is -2.32. The van der Waals surface area contributed by atoms with Gasteiger partial charge in [-0.25, -0.2) is 14.4 Å². The lowest BCUT2D eigenvalue weighted by molar-refractivity contribution is -0.125. The van der Waals surface area contributed by atoms with Crippen molar-refractivity contribution in [2.24, 2.45) is 5.92 Å². The van der Waals surface area contributed by atoms with Gasteiger partial charge in [0.15, 0.2) is 0 Å². The van der Waals surface area contributed by atoms with Gasteiger partial charge >= 0.3 is 0 Å². The molecule has 0 radical (unpaired) electrons. The summed E-state index contributed by atoms with van der Waals surface area (Å²) in [5.74, 6) is 0.680. The number of hydrogen-bond donors (Lipinski definition) is 1. The number of carbonyl (C=O) groups is 1. The molecule has 144 valence electrons. The van der Waals surface area contributed by atoms with E-state index in [4.69, 9.17) is 0 Å². The van der Waals surface area contributed by atoms with Gasteiger partial charge in [-0.15, -0.1) is 0 Å². The number of fused-ring (bicyclic) bond motifs is 1. The Morgan fingerprint density at radius 2 is 1.89 bits per heavy atom. The molecule has 0 atom stereocenters. The summed E-state index contributed by atoms with van der Waals surface area (Å²) >= 11 is 3.51. The second-order valence-corrected chi connectivity index (χ2v) is 7.88. The van der Waals surface area contributed by atoms with E-state index < -0.39 is 0 Å². The number of piperidine rings is 1. The number of halogens is 2. The van der Waals surface area contributed by atoms with E-state index in [-0.39, 0.29) is 17.6 Å². The molecular formula is C21H20BrFN4O. The van der Waals surface area contributed by atoms with Crippen molar-refractivity contribution in [1.82, 2.24) is 15.3 Å². The number of nitrogens with zero attached hydrogens (tertiary/aromatic N) is 3. The number of rotatable bonds is 4. The average Bonchev–Trinajstić information content (AvgIpc) is 2.73. The van der Waals surface area contributed by atoms with Gasteiger partial charge in [0.1, 0.15) is 18.0 Å². The molecule has 5 nitrogen and oxygen atoms in total. The van der Waals surface area contributed by atoms with Gasteiger partial charge in [0.2, 0.25) is 5.91 Å². The van der Waals surface area contributed by atoms with Crippen LogP contribution in [0.4, 0.5) is 10.2 Å². The topological polar surface area (TPSA) is 58.1 Å². The molecule has 1 fully saturated rings. The largest absolute Gasteiger partial charge is 0.356 e. The van der Waals surface area contributed by atoms with Crippen LogP contribution in [-0.4, -0.2) is 29.0 Å². The molecule has 2 heterocycles. The summed E-state index contributed by atoms with van der Waals surface area (Å²) in [6, 6.07) is 12.2. The van der Waals surface area contributed by atoms with Crippen molar-refractivity contribution in [3.8, 4) is 0 Å². The van der Waals surface area contributed by atoms with Crippen LogP contribution in [0.15, 0.2) is 53.3 Å². The number of carbonyl (C=O) groups excluding carboxylic acids is 1. The van der Waals surface area contributed by atoms with Crippen molar-refractivity contribution in [1.29, 1.82) is 0 Å². The predicted octanol–water partition coefficient (Wildman–Crippen LogP) is 4.06. The first-order chi connectivity index (χ1) is 13.6. The van der Waals surface area contributed by atoms with Crippen molar-refractivity contribution < 1.29 is 9.18 Å². The summed E-state index contributed by atoms with van der Waals surface area (Å²) in [5, 5.41) is 3.98. The van der Waals surface area contributed by atoms with E-state index in [0.717, 1.165) is 52.7 Å². The minimum absolute atomic E-state index is 0.0171. The van der Waals surface area contributed by atoms with Gasteiger partial charge in [-0.05, 0) is 48.7 Å². The average molecular weight is 443 g/mol. The molecule has 1 aliphatic rings. The summed E-state index contributed by atoms with van der Waals surface area (Å²) in [5.41, 5.74) is 1.80. The Kier molecular flexibility index (Phi) is 5.52. The molecular weight excluding hydrogens is 423 g/mol. The number of nitrogens with one attached hydrogen (secondary N) is 1. The highest BCUT2D eigenvalue weighted by atomic mass is 79.9. The standard InChI is InChI=1S/C21H20BrFN4O/c22-16-3-6-19-18(11-16)20(26-13-25-19)27-9-7-15(8-10-27)21(28)24-12-14-1-4-17(23)5-2-14/h1-6,11,13,15H,7-10,12H2,(H,24,28). The van der Waals surface area contributed by atoms with E-state index >= 15 is 0 Å². The number of anilines is 1. The van der Waals surface area contributed by atoms with Crippen molar-refractivity contribution in [3.05, 3.63) is 64.6 Å². The third-order valence-electron chi connectivity index (χ3n) is 5.12. The lowest BCUT2D eigenvalue weighted by atomic mass is 9.95. The first kappa shape index (κ1) is 18.8. The fraction of sp³-hybridized carbons (Fsp3) is 0.286. The van der Waals surface area contributed by atoms with Gasteiger partial charge in [0.05, 0.1) is 5.52 Å². The molecule has 28 heavy (non-hydrogen) atoms. The summed E-state index contributed by atoms with van der Waals surface area (Å²) in [7, 11) is 0. The molecule has 0 bridgehead atoms. The van der Waals surface area contributed by atoms with Gasteiger partial charge in [0.25, 0.3) is 0 Å². The Hall–Kier alpha value is -2.54. The number of benzene rings is 2. The Labute approximate surface area is 171 Å². The minimum Gasteiger partial charge on any atom is -0.356 e. The highest BCUT2D eigenvalue weighted by Gasteiger charge is 2.26. The van der Waals surface area contributed by atoms with Crippen molar-refractivity contribution in [3.63, 3.8) is 0 Å². The second kappa shape index (κ2) is 8.22. The molecule has 0 unspecified atom stereocenters. The van der Waals surface area contributed by atoms with Gasteiger partial charge in [-0.3, -0.25) is 4.79 Å². The second-order valence-electron chi connectivity index (χ2n) is 6.96. The van der Waals surface area contributed by atoms with Gasteiger partial charge in [-0.2, -0.15) is 0 Å². The SMILES string of the molecule is O=C(NCc1ccc(F)cc1)C1CCN(c2ncnc3ccc(Br)cc23)CC1. The molecule has 0 spiro atoms. The normalized spacial score (nSPS) is 15.0.